The van der Waals surface area contributed by atoms with Crippen molar-refractivity contribution in [2.45, 2.75) is 13.8 Å². The molecule has 6 nitrogen and oxygen atoms in total. The number of nitrogens with one attached hydrogen (secondary N) is 1. The van der Waals surface area contributed by atoms with Gasteiger partial charge in [-0.3, -0.25) is 4.79 Å². The number of carbonyl (C=O) groups excluding carboxylic acids is 1. The molecule has 3 rings (SSSR count). The van der Waals surface area contributed by atoms with E-state index in [9.17, 15) is 4.79 Å². The minimum atomic E-state index is -0.258. The molecule has 0 unspecified atom stereocenters. The fourth-order valence-corrected chi connectivity index (χ4v) is 2.34. The molecule has 0 saturated carbocycles. The third-order valence-electron chi connectivity index (χ3n) is 3.25. The lowest BCUT2D eigenvalue weighted by Crippen LogP contribution is -2.12. The molecule has 0 spiro atoms. The van der Waals surface area contributed by atoms with Crippen LogP contribution in [0, 0.1) is 13.8 Å². The molecule has 7 heteroatoms. The standard InChI is InChI=1S/C14H13N5OS/c1-9-10(2)19(8-15-9)12-5-3-11(4-6-12)17-14(20)13-7-16-21-18-13/h3-8H,1-2H3,(H,17,20). The number of rotatable bonds is 3. The van der Waals surface area contributed by atoms with E-state index in [2.05, 4.69) is 19.0 Å². The molecule has 1 aromatic carbocycles. The number of anilines is 1. The van der Waals surface area contributed by atoms with E-state index in [0.29, 0.717) is 11.4 Å². The minimum Gasteiger partial charge on any atom is -0.321 e. The lowest BCUT2D eigenvalue weighted by atomic mass is 10.2. The van der Waals surface area contributed by atoms with Crippen molar-refractivity contribution in [3.05, 3.63) is 53.9 Å². The third-order valence-corrected chi connectivity index (χ3v) is 3.73. The average Bonchev–Trinajstić information content (AvgIpc) is 3.12. The van der Waals surface area contributed by atoms with Crippen LogP contribution in [0.2, 0.25) is 0 Å². The molecule has 1 N–H and O–H groups in total. The van der Waals surface area contributed by atoms with Gasteiger partial charge in [0.05, 0.1) is 29.9 Å². The summed E-state index contributed by atoms with van der Waals surface area (Å²) in [4.78, 5) is 16.1. The Bertz CT molecular complexity index is 761. The van der Waals surface area contributed by atoms with Crippen LogP contribution in [-0.4, -0.2) is 24.2 Å². The van der Waals surface area contributed by atoms with E-state index in [0.717, 1.165) is 28.8 Å². The number of nitrogens with zero attached hydrogens (tertiary/aromatic N) is 4. The molecule has 0 bridgehead atoms. The van der Waals surface area contributed by atoms with Gasteiger partial charge in [-0.1, -0.05) is 0 Å². The van der Waals surface area contributed by atoms with Crippen molar-refractivity contribution >= 4 is 23.3 Å². The second-order valence-corrected chi connectivity index (χ2v) is 5.14. The van der Waals surface area contributed by atoms with Gasteiger partial charge in [-0.15, -0.1) is 0 Å². The summed E-state index contributed by atoms with van der Waals surface area (Å²) in [7, 11) is 0. The molecule has 0 radical (unpaired) electrons. The number of benzene rings is 1. The Morgan fingerprint density at radius 3 is 2.57 bits per heavy atom. The van der Waals surface area contributed by atoms with E-state index < -0.39 is 0 Å². The van der Waals surface area contributed by atoms with E-state index in [1.54, 1.807) is 6.33 Å². The number of carbonyl (C=O) groups is 1. The number of amides is 1. The van der Waals surface area contributed by atoms with Crippen LogP contribution >= 0.6 is 11.7 Å². The van der Waals surface area contributed by atoms with Crippen LogP contribution in [0.4, 0.5) is 5.69 Å². The molecule has 0 aliphatic carbocycles. The van der Waals surface area contributed by atoms with Crippen LogP contribution in [0.25, 0.3) is 5.69 Å². The maximum Gasteiger partial charge on any atom is 0.277 e. The van der Waals surface area contributed by atoms with Crippen molar-refractivity contribution in [3.8, 4) is 5.69 Å². The van der Waals surface area contributed by atoms with Crippen molar-refractivity contribution in [2.24, 2.45) is 0 Å². The molecule has 0 saturated heterocycles. The first kappa shape index (κ1) is 13.4. The van der Waals surface area contributed by atoms with E-state index in [1.165, 1.54) is 6.20 Å². The van der Waals surface area contributed by atoms with Gasteiger partial charge in [0.25, 0.3) is 5.91 Å². The molecule has 0 aliphatic heterocycles. The number of hydrogen-bond donors (Lipinski definition) is 1. The van der Waals surface area contributed by atoms with Crippen LogP contribution in [0.3, 0.4) is 0 Å². The number of hydrogen-bond acceptors (Lipinski definition) is 5. The Hall–Kier alpha value is -2.54. The Balaban J connectivity index is 1.78. The van der Waals surface area contributed by atoms with Gasteiger partial charge in [0.15, 0.2) is 5.69 Å². The Labute approximate surface area is 125 Å². The van der Waals surface area contributed by atoms with Crippen LogP contribution in [-0.2, 0) is 0 Å². The van der Waals surface area contributed by atoms with Gasteiger partial charge in [0.1, 0.15) is 0 Å². The van der Waals surface area contributed by atoms with Crippen LogP contribution in [0.15, 0.2) is 36.8 Å². The molecular weight excluding hydrogens is 286 g/mol. The van der Waals surface area contributed by atoms with Crippen LogP contribution < -0.4 is 5.32 Å². The van der Waals surface area contributed by atoms with Crippen LogP contribution in [0.5, 0.6) is 0 Å². The summed E-state index contributed by atoms with van der Waals surface area (Å²) in [5.41, 5.74) is 4.14. The lowest BCUT2D eigenvalue weighted by Gasteiger charge is -2.07. The molecule has 3 aromatic rings. The quantitative estimate of drug-likeness (QED) is 0.807. The van der Waals surface area contributed by atoms with Crippen molar-refractivity contribution in [3.63, 3.8) is 0 Å². The summed E-state index contributed by atoms with van der Waals surface area (Å²) >= 11 is 1.01. The highest BCUT2D eigenvalue weighted by molar-refractivity contribution is 6.99. The van der Waals surface area contributed by atoms with Gasteiger partial charge in [-0.05, 0) is 38.1 Å². The first-order valence-corrected chi connectivity index (χ1v) is 7.08. The summed E-state index contributed by atoms with van der Waals surface area (Å²) in [5.74, 6) is -0.258. The summed E-state index contributed by atoms with van der Waals surface area (Å²) < 4.78 is 9.71. The predicted octanol–water partition coefficient (Wildman–Crippen LogP) is 2.59. The van der Waals surface area contributed by atoms with Gasteiger partial charge in [0, 0.05) is 17.1 Å². The first-order valence-electron chi connectivity index (χ1n) is 6.35. The monoisotopic (exact) mass is 299 g/mol. The second-order valence-electron chi connectivity index (χ2n) is 4.58. The smallest absolute Gasteiger partial charge is 0.277 e. The largest absolute Gasteiger partial charge is 0.321 e. The SMILES string of the molecule is Cc1ncn(-c2ccc(NC(=O)c3cnsn3)cc2)c1C. The van der Waals surface area contributed by atoms with E-state index >= 15 is 0 Å². The summed E-state index contributed by atoms with van der Waals surface area (Å²) in [5, 5.41) is 2.78. The summed E-state index contributed by atoms with van der Waals surface area (Å²) in [6.07, 6.45) is 3.24. The van der Waals surface area contributed by atoms with E-state index in [1.807, 2.05) is 42.7 Å². The Morgan fingerprint density at radius 2 is 2.00 bits per heavy atom. The zero-order valence-electron chi connectivity index (χ0n) is 11.6. The number of imidazole rings is 1. The van der Waals surface area contributed by atoms with Gasteiger partial charge in [-0.25, -0.2) is 4.98 Å². The first-order chi connectivity index (χ1) is 10.1. The van der Waals surface area contributed by atoms with Gasteiger partial charge in [-0.2, -0.15) is 8.75 Å². The second kappa shape index (κ2) is 5.45. The number of aromatic nitrogens is 4. The summed E-state index contributed by atoms with van der Waals surface area (Å²) in [6, 6.07) is 7.57. The van der Waals surface area contributed by atoms with Gasteiger partial charge >= 0.3 is 0 Å². The molecule has 1 amide bonds. The lowest BCUT2D eigenvalue weighted by molar-refractivity contribution is 0.102. The Morgan fingerprint density at radius 1 is 1.24 bits per heavy atom. The van der Waals surface area contributed by atoms with E-state index in [-0.39, 0.29) is 5.91 Å². The van der Waals surface area contributed by atoms with Gasteiger partial charge < -0.3 is 9.88 Å². The van der Waals surface area contributed by atoms with Crippen molar-refractivity contribution < 1.29 is 4.79 Å². The highest BCUT2D eigenvalue weighted by Gasteiger charge is 2.09. The molecular formula is C14H13N5OS. The fourth-order valence-electron chi connectivity index (χ4n) is 1.92. The van der Waals surface area contributed by atoms with Gasteiger partial charge in [0.2, 0.25) is 0 Å². The minimum absolute atomic E-state index is 0.258. The normalized spacial score (nSPS) is 10.6. The summed E-state index contributed by atoms with van der Waals surface area (Å²) in [6.45, 7) is 4.00. The highest BCUT2D eigenvalue weighted by atomic mass is 32.1. The predicted molar refractivity (Wildman–Crippen MR) is 80.9 cm³/mol. The van der Waals surface area contributed by atoms with Crippen molar-refractivity contribution in [1.29, 1.82) is 0 Å². The van der Waals surface area contributed by atoms with Crippen molar-refractivity contribution in [2.75, 3.05) is 5.32 Å². The van der Waals surface area contributed by atoms with Crippen LogP contribution in [0.1, 0.15) is 21.9 Å². The topological polar surface area (TPSA) is 72.7 Å². The molecule has 21 heavy (non-hydrogen) atoms. The Kier molecular flexibility index (Phi) is 3.49. The highest BCUT2D eigenvalue weighted by Crippen LogP contribution is 2.17. The molecule has 2 heterocycles. The fraction of sp³-hybridized carbons (Fsp3) is 0.143. The maximum absolute atomic E-state index is 11.9. The molecule has 0 fully saturated rings. The molecule has 0 atom stereocenters. The van der Waals surface area contributed by atoms with E-state index in [4.69, 9.17) is 0 Å². The zero-order chi connectivity index (χ0) is 14.8. The molecule has 0 aliphatic rings. The maximum atomic E-state index is 11.9. The number of aryl methyl sites for hydroxylation is 1. The average molecular weight is 299 g/mol. The zero-order valence-corrected chi connectivity index (χ0v) is 12.4. The molecule has 2 aromatic heterocycles. The molecule has 106 valence electrons. The van der Waals surface area contributed by atoms with Crippen molar-refractivity contribution in [1.82, 2.24) is 18.3 Å². The third kappa shape index (κ3) is 2.68.